The van der Waals surface area contributed by atoms with Crippen molar-refractivity contribution in [3.05, 3.63) is 29.8 Å². The van der Waals surface area contributed by atoms with E-state index in [0.29, 0.717) is 31.8 Å². The summed E-state index contributed by atoms with van der Waals surface area (Å²) in [6.07, 6.45) is 2.81. The molecule has 1 aliphatic heterocycles. The first-order valence-corrected chi connectivity index (χ1v) is 10.2. The highest BCUT2D eigenvalue weighted by atomic mass is 32.2. The largest absolute Gasteiger partial charge is 0.497 e. The van der Waals surface area contributed by atoms with Crippen LogP contribution in [0.25, 0.3) is 0 Å². The van der Waals surface area contributed by atoms with Crippen molar-refractivity contribution in [2.75, 3.05) is 39.7 Å². The summed E-state index contributed by atoms with van der Waals surface area (Å²) >= 11 is 0. The highest BCUT2D eigenvalue weighted by molar-refractivity contribution is 7.88. The molecule has 1 aromatic rings. The summed E-state index contributed by atoms with van der Waals surface area (Å²) in [4.78, 5) is 12.1. The molecule has 1 saturated heterocycles. The van der Waals surface area contributed by atoms with Gasteiger partial charge in [-0.3, -0.25) is 4.79 Å². The second-order valence-electron chi connectivity index (χ2n) is 6.10. The molecule has 0 atom stereocenters. The zero-order valence-electron chi connectivity index (χ0n) is 14.7. The number of hydrogen-bond donors (Lipinski definition) is 1. The van der Waals surface area contributed by atoms with Crippen molar-refractivity contribution >= 4 is 15.9 Å². The smallest absolute Gasteiger partial charge is 0.224 e. The van der Waals surface area contributed by atoms with Crippen LogP contribution in [0.3, 0.4) is 0 Å². The lowest BCUT2D eigenvalue weighted by Crippen LogP contribution is -2.46. The topological polar surface area (TPSA) is 84.9 Å². The molecule has 0 radical (unpaired) electrons. The first-order valence-electron chi connectivity index (χ1n) is 8.34. The highest BCUT2D eigenvalue weighted by Gasteiger charge is 2.28. The van der Waals surface area contributed by atoms with Gasteiger partial charge in [-0.25, -0.2) is 8.42 Å². The van der Waals surface area contributed by atoms with Crippen molar-refractivity contribution in [2.45, 2.75) is 25.3 Å². The van der Waals surface area contributed by atoms with Crippen LogP contribution in [0.5, 0.6) is 5.75 Å². The number of nitrogens with one attached hydrogen (secondary N) is 1. The normalized spacial score (nSPS) is 16.0. The fourth-order valence-corrected chi connectivity index (χ4v) is 4.10. The Labute approximate surface area is 149 Å². The predicted octanol–water partition coefficient (Wildman–Crippen LogP) is 0.795. The Hall–Kier alpha value is -1.64. The van der Waals surface area contributed by atoms with Crippen LogP contribution in [0.1, 0.15) is 18.4 Å². The van der Waals surface area contributed by atoms with Crippen molar-refractivity contribution in [1.82, 2.24) is 9.62 Å². The van der Waals surface area contributed by atoms with Gasteiger partial charge in [0.2, 0.25) is 15.9 Å². The third-order valence-electron chi connectivity index (χ3n) is 4.18. The summed E-state index contributed by atoms with van der Waals surface area (Å²) in [5.74, 6) is 0.557. The minimum Gasteiger partial charge on any atom is -0.497 e. The molecule has 0 saturated carbocycles. The summed E-state index contributed by atoms with van der Waals surface area (Å²) in [5.41, 5.74) is 0.848. The molecule has 0 unspecified atom stereocenters. The number of benzene rings is 1. The molecule has 7 nitrogen and oxygen atoms in total. The molecule has 8 heteroatoms. The number of nitrogens with zero attached hydrogens (tertiary/aromatic N) is 1. The molecule has 1 amide bonds. The zero-order chi connectivity index (χ0) is 18.3. The van der Waals surface area contributed by atoms with Crippen LogP contribution in [-0.2, 0) is 26.0 Å². The minimum absolute atomic E-state index is 0.0564. The minimum atomic E-state index is -3.32. The first-order chi connectivity index (χ1) is 11.9. The van der Waals surface area contributed by atoms with Crippen molar-refractivity contribution in [1.29, 1.82) is 0 Å². The lowest BCUT2D eigenvalue weighted by atomic mass is 10.1. The Morgan fingerprint density at radius 1 is 1.36 bits per heavy atom. The van der Waals surface area contributed by atoms with Crippen molar-refractivity contribution < 1.29 is 22.7 Å². The first kappa shape index (κ1) is 19.7. The number of carbonyl (C=O) groups is 1. The molecule has 1 aliphatic rings. The molecule has 1 aromatic carbocycles. The van der Waals surface area contributed by atoms with E-state index >= 15 is 0 Å². The van der Waals surface area contributed by atoms with E-state index in [9.17, 15) is 13.2 Å². The standard InChI is InChI=1S/C17H26N2O5S/c1-23-16-5-3-4-14(12-16)13-17(20)18-8-9-19(25(2,21)22)15-6-10-24-11-7-15/h3-5,12,15H,6-11,13H2,1-2H3,(H,18,20). The van der Waals surface area contributed by atoms with E-state index in [-0.39, 0.29) is 31.5 Å². The molecule has 140 valence electrons. The van der Waals surface area contributed by atoms with Crippen molar-refractivity contribution in [2.24, 2.45) is 0 Å². The maximum Gasteiger partial charge on any atom is 0.224 e. The number of ether oxygens (including phenoxy) is 2. The maximum absolute atomic E-state index is 12.1. The van der Waals surface area contributed by atoms with Gasteiger partial charge in [0, 0.05) is 32.3 Å². The van der Waals surface area contributed by atoms with Gasteiger partial charge in [-0.1, -0.05) is 12.1 Å². The molecule has 0 bridgehead atoms. The molecule has 0 spiro atoms. The Morgan fingerprint density at radius 2 is 2.08 bits per heavy atom. The fraction of sp³-hybridized carbons (Fsp3) is 0.588. The van der Waals surface area contributed by atoms with E-state index in [1.807, 2.05) is 24.3 Å². The van der Waals surface area contributed by atoms with Crippen LogP contribution in [0.15, 0.2) is 24.3 Å². The second kappa shape index (κ2) is 9.17. The molecule has 25 heavy (non-hydrogen) atoms. The molecule has 0 aromatic heterocycles. The molecule has 1 heterocycles. The lowest BCUT2D eigenvalue weighted by Gasteiger charge is -2.32. The third kappa shape index (κ3) is 6.30. The van der Waals surface area contributed by atoms with Crippen molar-refractivity contribution in [3.8, 4) is 5.75 Å². The Bertz CT molecular complexity index is 671. The van der Waals surface area contributed by atoms with Gasteiger partial charge >= 0.3 is 0 Å². The van der Waals surface area contributed by atoms with Crippen LogP contribution in [0.4, 0.5) is 0 Å². The molecule has 1 fully saturated rings. The molecular weight excluding hydrogens is 344 g/mol. The molecule has 2 rings (SSSR count). The van der Waals surface area contributed by atoms with Crippen molar-refractivity contribution in [3.63, 3.8) is 0 Å². The Balaban J connectivity index is 1.85. The van der Waals surface area contributed by atoms with Gasteiger partial charge in [0.05, 0.1) is 19.8 Å². The van der Waals surface area contributed by atoms with E-state index in [1.54, 1.807) is 7.11 Å². The Kier molecular flexibility index (Phi) is 7.22. The summed E-state index contributed by atoms with van der Waals surface area (Å²) < 4.78 is 36.0. The third-order valence-corrected chi connectivity index (χ3v) is 5.51. The highest BCUT2D eigenvalue weighted by Crippen LogP contribution is 2.17. The quantitative estimate of drug-likeness (QED) is 0.731. The summed E-state index contributed by atoms with van der Waals surface area (Å²) in [7, 11) is -1.74. The van der Waals surface area contributed by atoms with Crippen LogP contribution in [0, 0.1) is 0 Å². The molecule has 1 N–H and O–H groups in total. The monoisotopic (exact) mass is 370 g/mol. The van der Waals surface area contributed by atoms with Crippen LogP contribution >= 0.6 is 0 Å². The number of hydrogen-bond acceptors (Lipinski definition) is 5. The van der Waals surface area contributed by atoms with Crippen LogP contribution in [-0.4, -0.2) is 64.3 Å². The Morgan fingerprint density at radius 3 is 2.72 bits per heavy atom. The molecular formula is C17H26N2O5S. The number of carbonyl (C=O) groups excluding carboxylic acids is 1. The van der Waals surface area contributed by atoms with Gasteiger partial charge in [0.15, 0.2) is 0 Å². The number of methoxy groups -OCH3 is 1. The van der Waals surface area contributed by atoms with Crippen LogP contribution in [0.2, 0.25) is 0 Å². The SMILES string of the molecule is COc1cccc(CC(=O)NCCN(C2CCOCC2)S(C)(=O)=O)c1. The fourth-order valence-electron chi connectivity index (χ4n) is 2.93. The van der Waals surface area contributed by atoms with E-state index in [4.69, 9.17) is 9.47 Å². The maximum atomic E-state index is 12.1. The average Bonchev–Trinajstić information content (AvgIpc) is 2.58. The van der Waals surface area contributed by atoms with E-state index in [0.717, 1.165) is 5.56 Å². The lowest BCUT2D eigenvalue weighted by molar-refractivity contribution is -0.120. The summed E-state index contributed by atoms with van der Waals surface area (Å²) in [5, 5.41) is 2.79. The average molecular weight is 370 g/mol. The second-order valence-corrected chi connectivity index (χ2v) is 8.03. The predicted molar refractivity (Wildman–Crippen MR) is 95.1 cm³/mol. The van der Waals surface area contributed by atoms with Gasteiger partial charge in [0.25, 0.3) is 0 Å². The van der Waals surface area contributed by atoms with Gasteiger partial charge in [-0.05, 0) is 30.5 Å². The van der Waals surface area contributed by atoms with Gasteiger partial charge < -0.3 is 14.8 Å². The van der Waals surface area contributed by atoms with Gasteiger partial charge in [-0.2, -0.15) is 4.31 Å². The van der Waals surface area contributed by atoms with Gasteiger partial charge in [-0.15, -0.1) is 0 Å². The van der Waals surface area contributed by atoms with E-state index in [2.05, 4.69) is 5.32 Å². The number of sulfonamides is 1. The molecule has 0 aliphatic carbocycles. The van der Waals surface area contributed by atoms with Gasteiger partial charge in [0.1, 0.15) is 5.75 Å². The van der Waals surface area contributed by atoms with Crippen LogP contribution < -0.4 is 10.1 Å². The zero-order valence-corrected chi connectivity index (χ0v) is 15.5. The van der Waals surface area contributed by atoms with E-state index in [1.165, 1.54) is 10.6 Å². The number of rotatable bonds is 8. The summed E-state index contributed by atoms with van der Waals surface area (Å²) in [6.45, 7) is 1.69. The number of amides is 1. The van der Waals surface area contributed by atoms with E-state index < -0.39 is 10.0 Å². The summed E-state index contributed by atoms with van der Waals surface area (Å²) in [6, 6.07) is 7.26.